The Kier molecular flexibility index (Phi) is 6.05. The van der Waals surface area contributed by atoms with Gasteiger partial charge < -0.3 is 9.32 Å². The van der Waals surface area contributed by atoms with E-state index in [0.29, 0.717) is 21.5 Å². The van der Waals surface area contributed by atoms with Crippen LogP contribution in [0.5, 0.6) is 0 Å². The van der Waals surface area contributed by atoms with Gasteiger partial charge in [-0.25, -0.2) is 4.98 Å². The topological polar surface area (TPSA) is 94.1 Å². The number of aromatic nitrogens is 4. The van der Waals surface area contributed by atoms with Crippen LogP contribution in [0.3, 0.4) is 0 Å². The SMILES string of the molecule is Cc1cccc2c(=O)n(CC(=O)N(Cc3nnc(-c4ccccc4Cl)o3)C(C)C)cnc12. The van der Waals surface area contributed by atoms with Crippen molar-refractivity contribution < 1.29 is 9.21 Å². The first-order chi connectivity index (χ1) is 15.3. The lowest BCUT2D eigenvalue weighted by molar-refractivity contribution is -0.134. The number of hydrogen-bond acceptors (Lipinski definition) is 6. The number of carbonyl (C=O) groups is 1. The first kappa shape index (κ1) is 21.7. The maximum Gasteiger partial charge on any atom is 0.261 e. The molecular weight excluding hydrogens is 430 g/mol. The number of aryl methyl sites for hydroxylation is 1. The van der Waals surface area contributed by atoms with Crippen LogP contribution in [-0.2, 0) is 17.9 Å². The van der Waals surface area contributed by atoms with Gasteiger partial charge >= 0.3 is 0 Å². The molecule has 8 nitrogen and oxygen atoms in total. The fourth-order valence-corrected chi connectivity index (χ4v) is 3.67. The van der Waals surface area contributed by atoms with Gasteiger partial charge in [0.25, 0.3) is 5.56 Å². The zero-order chi connectivity index (χ0) is 22.8. The molecule has 4 rings (SSSR count). The molecule has 0 N–H and O–H groups in total. The van der Waals surface area contributed by atoms with Crippen LogP contribution in [0.2, 0.25) is 5.02 Å². The van der Waals surface area contributed by atoms with Crippen molar-refractivity contribution in [1.29, 1.82) is 0 Å². The zero-order valence-corrected chi connectivity index (χ0v) is 18.7. The van der Waals surface area contributed by atoms with Crippen LogP contribution in [0, 0.1) is 6.92 Å². The molecule has 0 saturated heterocycles. The second-order valence-corrected chi connectivity index (χ2v) is 8.15. The Hall–Kier alpha value is -3.52. The van der Waals surface area contributed by atoms with Crippen LogP contribution >= 0.6 is 11.6 Å². The molecule has 0 saturated carbocycles. The lowest BCUT2D eigenvalue weighted by atomic mass is 10.1. The normalized spacial score (nSPS) is 11.3. The smallest absolute Gasteiger partial charge is 0.261 e. The number of benzene rings is 2. The molecule has 0 atom stereocenters. The molecule has 0 spiro atoms. The molecule has 4 aromatic rings. The second-order valence-electron chi connectivity index (χ2n) is 7.74. The molecule has 0 bridgehead atoms. The first-order valence-electron chi connectivity index (χ1n) is 10.2. The third-order valence-electron chi connectivity index (χ3n) is 5.18. The highest BCUT2D eigenvalue weighted by atomic mass is 35.5. The Bertz CT molecular complexity index is 1340. The van der Waals surface area contributed by atoms with Gasteiger partial charge in [-0.3, -0.25) is 14.2 Å². The average molecular weight is 452 g/mol. The Morgan fingerprint density at radius 1 is 1.16 bits per heavy atom. The third kappa shape index (κ3) is 4.27. The predicted octanol–water partition coefficient (Wildman–Crippen LogP) is 3.85. The van der Waals surface area contributed by atoms with E-state index >= 15 is 0 Å². The summed E-state index contributed by atoms with van der Waals surface area (Å²) in [5.41, 5.74) is 1.92. The number of halogens is 1. The molecule has 0 fully saturated rings. The van der Waals surface area contributed by atoms with Crippen LogP contribution in [0.4, 0.5) is 0 Å². The van der Waals surface area contributed by atoms with Gasteiger partial charge in [-0.05, 0) is 44.5 Å². The fraction of sp³-hybridized carbons (Fsp3) is 0.261. The van der Waals surface area contributed by atoms with Crippen molar-refractivity contribution >= 4 is 28.4 Å². The summed E-state index contributed by atoms with van der Waals surface area (Å²) in [5, 5.41) is 9.10. The molecule has 164 valence electrons. The van der Waals surface area contributed by atoms with Crippen molar-refractivity contribution in [2.75, 3.05) is 0 Å². The highest BCUT2D eigenvalue weighted by Crippen LogP contribution is 2.26. The van der Waals surface area contributed by atoms with E-state index in [1.807, 2.05) is 39.0 Å². The number of fused-ring (bicyclic) bond motifs is 1. The van der Waals surface area contributed by atoms with Crippen molar-refractivity contribution in [2.24, 2.45) is 0 Å². The summed E-state index contributed by atoms with van der Waals surface area (Å²) in [6.45, 7) is 5.64. The van der Waals surface area contributed by atoms with Gasteiger partial charge in [0.05, 0.1) is 34.4 Å². The minimum Gasteiger partial charge on any atom is -0.419 e. The van der Waals surface area contributed by atoms with E-state index in [1.54, 1.807) is 29.2 Å². The molecular formula is C23H22ClN5O3. The van der Waals surface area contributed by atoms with Crippen molar-refractivity contribution in [1.82, 2.24) is 24.6 Å². The lowest BCUT2D eigenvalue weighted by Crippen LogP contribution is -2.40. The monoisotopic (exact) mass is 451 g/mol. The Morgan fingerprint density at radius 3 is 2.69 bits per heavy atom. The number of carbonyl (C=O) groups excluding carboxylic acids is 1. The van der Waals surface area contributed by atoms with E-state index in [-0.39, 0.29) is 42.4 Å². The first-order valence-corrected chi connectivity index (χ1v) is 10.5. The van der Waals surface area contributed by atoms with Crippen LogP contribution < -0.4 is 5.56 Å². The van der Waals surface area contributed by atoms with Crippen LogP contribution in [0.25, 0.3) is 22.4 Å². The van der Waals surface area contributed by atoms with Crippen LogP contribution in [0.15, 0.2) is 58.0 Å². The quantitative estimate of drug-likeness (QED) is 0.442. The Morgan fingerprint density at radius 2 is 1.94 bits per heavy atom. The predicted molar refractivity (Wildman–Crippen MR) is 121 cm³/mol. The summed E-state index contributed by atoms with van der Waals surface area (Å²) in [6, 6.07) is 12.4. The number of rotatable bonds is 6. The van der Waals surface area contributed by atoms with Crippen LogP contribution in [-0.4, -0.2) is 36.6 Å². The summed E-state index contributed by atoms with van der Waals surface area (Å²) in [7, 11) is 0. The molecule has 0 aliphatic rings. The van der Waals surface area contributed by atoms with Crippen LogP contribution in [0.1, 0.15) is 25.3 Å². The van der Waals surface area contributed by atoms with E-state index in [4.69, 9.17) is 16.0 Å². The van der Waals surface area contributed by atoms with E-state index in [0.717, 1.165) is 5.56 Å². The summed E-state index contributed by atoms with van der Waals surface area (Å²) in [5.74, 6) is 0.307. The highest BCUT2D eigenvalue weighted by Gasteiger charge is 2.22. The molecule has 32 heavy (non-hydrogen) atoms. The summed E-state index contributed by atoms with van der Waals surface area (Å²) < 4.78 is 7.07. The third-order valence-corrected chi connectivity index (χ3v) is 5.51. The fourth-order valence-electron chi connectivity index (χ4n) is 3.45. The van der Waals surface area contributed by atoms with Gasteiger partial charge in [0.15, 0.2) is 0 Å². The summed E-state index contributed by atoms with van der Waals surface area (Å²) >= 11 is 6.20. The van der Waals surface area contributed by atoms with Gasteiger partial charge in [-0.1, -0.05) is 35.9 Å². The maximum absolute atomic E-state index is 13.1. The minimum absolute atomic E-state index is 0.114. The standard InChI is InChI=1S/C23H22ClN5O3/c1-14(2)29(11-19-26-27-22(32-19)16-8-4-5-10-18(16)24)20(30)12-28-13-25-21-15(3)7-6-9-17(21)23(28)31/h4-10,13-14H,11-12H2,1-3H3. The van der Waals surface area contributed by atoms with Gasteiger partial charge in [0.1, 0.15) is 6.54 Å². The zero-order valence-electron chi connectivity index (χ0n) is 17.9. The highest BCUT2D eigenvalue weighted by molar-refractivity contribution is 6.33. The molecule has 0 aliphatic carbocycles. The molecule has 2 aromatic heterocycles. The van der Waals surface area contributed by atoms with Gasteiger partial charge in [-0.15, -0.1) is 10.2 Å². The molecule has 2 heterocycles. The van der Waals surface area contributed by atoms with Gasteiger partial charge in [0, 0.05) is 6.04 Å². The lowest BCUT2D eigenvalue weighted by Gasteiger charge is -2.25. The number of para-hydroxylation sites is 1. The number of nitrogens with zero attached hydrogens (tertiary/aromatic N) is 5. The van der Waals surface area contributed by atoms with E-state index in [2.05, 4.69) is 15.2 Å². The summed E-state index contributed by atoms with van der Waals surface area (Å²) in [6.07, 6.45) is 1.41. The van der Waals surface area contributed by atoms with E-state index in [9.17, 15) is 9.59 Å². The number of hydrogen-bond donors (Lipinski definition) is 0. The minimum atomic E-state index is -0.256. The van der Waals surface area contributed by atoms with E-state index < -0.39 is 0 Å². The van der Waals surface area contributed by atoms with Crippen molar-refractivity contribution in [3.8, 4) is 11.5 Å². The van der Waals surface area contributed by atoms with E-state index in [1.165, 1.54) is 10.9 Å². The summed E-state index contributed by atoms with van der Waals surface area (Å²) in [4.78, 5) is 31.9. The number of amides is 1. The van der Waals surface area contributed by atoms with Gasteiger partial charge in [0.2, 0.25) is 17.7 Å². The maximum atomic E-state index is 13.1. The molecule has 2 aromatic carbocycles. The van der Waals surface area contributed by atoms with Gasteiger partial charge in [-0.2, -0.15) is 0 Å². The second kappa shape index (κ2) is 8.92. The molecule has 1 amide bonds. The average Bonchev–Trinajstić information content (AvgIpc) is 3.23. The molecule has 9 heteroatoms. The van der Waals surface area contributed by atoms with Crippen molar-refractivity contribution in [3.63, 3.8) is 0 Å². The van der Waals surface area contributed by atoms with Crippen molar-refractivity contribution in [2.45, 2.75) is 39.9 Å². The Balaban J connectivity index is 1.56. The Labute approximate surface area is 189 Å². The molecule has 0 radical (unpaired) electrons. The largest absolute Gasteiger partial charge is 0.419 e. The molecule has 0 aliphatic heterocycles. The molecule has 0 unspecified atom stereocenters. The van der Waals surface area contributed by atoms with Crippen molar-refractivity contribution in [3.05, 3.63) is 75.6 Å².